The fourth-order valence-electron chi connectivity index (χ4n) is 1.83. The topological polar surface area (TPSA) is 9.23 Å². The van der Waals surface area contributed by atoms with Crippen LogP contribution in [0, 0.1) is 13.8 Å². The van der Waals surface area contributed by atoms with Crippen LogP contribution in [-0.2, 0) is 0 Å². The maximum atomic E-state index is 5.85. The monoisotopic (exact) mass is 240 g/mol. The summed E-state index contributed by atoms with van der Waals surface area (Å²) in [4.78, 5) is 0. The first-order chi connectivity index (χ1) is 8.56. The van der Waals surface area contributed by atoms with Gasteiger partial charge in [-0.15, -0.1) is 0 Å². The summed E-state index contributed by atoms with van der Waals surface area (Å²) in [7, 11) is 0. The molecule has 2 aromatic rings. The first-order valence-corrected chi connectivity index (χ1v) is 6.41. The first-order valence-electron chi connectivity index (χ1n) is 6.41. The highest BCUT2D eigenvalue weighted by atomic mass is 16.5. The van der Waals surface area contributed by atoms with Crippen LogP contribution < -0.4 is 4.74 Å². The van der Waals surface area contributed by atoms with E-state index in [1.807, 2.05) is 18.2 Å². The van der Waals surface area contributed by atoms with Crippen molar-refractivity contribution in [3.05, 3.63) is 59.2 Å². The molecule has 1 nitrogen and oxygen atoms in total. The van der Waals surface area contributed by atoms with Crippen LogP contribution >= 0.6 is 0 Å². The normalized spacial score (nSPS) is 10.7. The maximum Gasteiger partial charge on any atom is 0.127 e. The van der Waals surface area contributed by atoms with Gasteiger partial charge in [-0.3, -0.25) is 0 Å². The molecule has 0 unspecified atom stereocenters. The molecule has 0 heterocycles. The molecule has 0 aromatic heterocycles. The molecule has 0 atom stereocenters. The third-order valence-electron chi connectivity index (χ3n) is 3.26. The average molecular weight is 240 g/mol. The first kappa shape index (κ1) is 12.7. The molecule has 0 aliphatic heterocycles. The van der Waals surface area contributed by atoms with E-state index in [0.29, 0.717) is 5.92 Å². The summed E-state index contributed by atoms with van der Waals surface area (Å²) in [6.45, 7) is 8.60. The Morgan fingerprint density at radius 2 is 1.39 bits per heavy atom. The van der Waals surface area contributed by atoms with Crippen molar-refractivity contribution in [2.45, 2.75) is 33.6 Å². The molecule has 0 N–H and O–H groups in total. The minimum atomic E-state index is 0.556. The Labute approximate surface area is 109 Å². The summed E-state index contributed by atoms with van der Waals surface area (Å²) in [6, 6.07) is 14.5. The lowest BCUT2D eigenvalue weighted by molar-refractivity contribution is 0.482. The molecule has 0 bridgehead atoms. The molecule has 0 fully saturated rings. The molecule has 1 heteroatoms. The minimum absolute atomic E-state index is 0.556. The van der Waals surface area contributed by atoms with E-state index in [0.717, 1.165) is 11.5 Å². The van der Waals surface area contributed by atoms with Crippen LogP contribution in [0.25, 0.3) is 0 Å². The minimum Gasteiger partial charge on any atom is -0.457 e. The van der Waals surface area contributed by atoms with Gasteiger partial charge in [-0.2, -0.15) is 0 Å². The van der Waals surface area contributed by atoms with Gasteiger partial charge in [0.2, 0.25) is 0 Å². The van der Waals surface area contributed by atoms with E-state index in [4.69, 9.17) is 4.74 Å². The van der Waals surface area contributed by atoms with E-state index < -0.39 is 0 Å². The number of hydrogen-bond acceptors (Lipinski definition) is 1. The molecule has 0 aliphatic carbocycles. The molecule has 0 saturated heterocycles. The summed E-state index contributed by atoms with van der Waals surface area (Å²) >= 11 is 0. The highest BCUT2D eigenvalue weighted by Crippen LogP contribution is 2.25. The molecule has 0 aliphatic rings. The molecule has 0 amide bonds. The number of aryl methyl sites for hydroxylation is 2. The molecule has 18 heavy (non-hydrogen) atoms. The Bertz CT molecular complexity index is 524. The Balaban J connectivity index is 2.15. The van der Waals surface area contributed by atoms with E-state index in [-0.39, 0.29) is 0 Å². The van der Waals surface area contributed by atoms with Gasteiger partial charge in [0.15, 0.2) is 0 Å². The number of rotatable bonds is 3. The van der Waals surface area contributed by atoms with Crippen LogP contribution in [0.3, 0.4) is 0 Å². The zero-order valence-corrected chi connectivity index (χ0v) is 11.5. The number of hydrogen-bond donors (Lipinski definition) is 0. The van der Waals surface area contributed by atoms with E-state index in [9.17, 15) is 0 Å². The fourth-order valence-corrected chi connectivity index (χ4v) is 1.83. The van der Waals surface area contributed by atoms with Crippen LogP contribution in [0.2, 0.25) is 0 Å². The van der Waals surface area contributed by atoms with Gasteiger partial charge in [-0.25, -0.2) is 0 Å². The maximum absolute atomic E-state index is 5.85. The Morgan fingerprint density at radius 3 is 1.94 bits per heavy atom. The SMILES string of the molecule is Cc1ccc(Oc2ccc(C(C)C)cc2)cc1C. The van der Waals surface area contributed by atoms with Crippen molar-refractivity contribution in [1.29, 1.82) is 0 Å². The molecule has 0 spiro atoms. The highest BCUT2D eigenvalue weighted by Gasteiger charge is 2.01. The van der Waals surface area contributed by atoms with Crippen LogP contribution in [0.1, 0.15) is 36.5 Å². The largest absolute Gasteiger partial charge is 0.457 e. The molecule has 0 saturated carbocycles. The number of benzene rings is 2. The molecular formula is C17H20O. The van der Waals surface area contributed by atoms with E-state index >= 15 is 0 Å². The van der Waals surface area contributed by atoms with Crippen molar-refractivity contribution in [2.24, 2.45) is 0 Å². The molecule has 0 radical (unpaired) electrons. The van der Waals surface area contributed by atoms with Gasteiger partial charge >= 0.3 is 0 Å². The second kappa shape index (κ2) is 5.26. The average Bonchev–Trinajstić information content (AvgIpc) is 2.34. The van der Waals surface area contributed by atoms with Gasteiger partial charge in [-0.05, 0) is 60.7 Å². The van der Waals surface area contributed by atoms with Crippen molar-refractivity contribution in [2.75, 3.05) is 0 Å². The summed E-state index contributed by atoms with van der Waals surface area (Å²) in [5.74, 6) is 2.35. The van der Waals surface area contributed by atoms with Crippen molar-refractivity contribution in [3.8, 4) is 11.5 Å². The van der Waals surface area contributed by atoms with Crippen LogP contribution in [0.4, 0.5) is 0 Å². The Morgan fingerprint density at radius 1 is 0.778 bits per heavy atom. The van der Waals surface area contributed by atoms with Crippen LogP contribution in [-0.4, -0.2) is 0 Å². The predicted molar refractivity (Wildman–Crippen MR) is 76.5 cm³/mol. The second-order valence-electron chi connectivity index (χ2n) is 5.07. The van der Waals surface area contributed by atoms with Gasteiger partial charge < -0.3 is 4.74 Å². The van der Waals surface area contributed by atoms with Crippen molar-refractivity contribution < 1.29 is 4.74 Å². The van der Waals surface area contributed by atoms with Crippen molar-refractivity contribution in [1.82, 2.24) is 0 Å². The summed E-state index contributed by atoms with van der Waals surface area (Å²) in [5.41, 5.74) is 3.88. The van der Waals surface area contributed by atoms with Crippen molar-refractivity contribution in [3.63, 3.8) is 0 Å². The van der Waals surface area contributed by atoms with Gasteiger partial charge in [0, 0.05) is 0 Å². The lowest BCUT2D eigenvalue weighted by Gasteiger charge is -2.10. The van der Waals surface area contributed by atoms with Gasteiger partial charge in [0.25, 0.3) is 0 Å². The predicted octanol–water partition coefficient (Wildman–Crippen LogP) is 5.22. The van der Waals surface area contributed by atoms with Gasteiger partial charge in [-0.1, -0.05) is 32.0 Å². The lowest BCUT2D eigenvalue weighted by Crippen LogP contribution is -1.89. The summed E-state index contributed by atoms with van der Waals surface area (Å²) < 4.78 is 5.85. The quantitative estimate of drug-likeness (QED) is 0.714. The zero-order valence-electron chi connectivity index (χ0n) is 11.5. The van der Waals surface area contributed by atoms with E-state index in [2.05, 4.69) is 52.0 Å². The van der Waals surface area contributed by atoms with Gasteiger partial charge in [0.05, 0.1) is 0 Å². The number of ether oxygens (including phenoxy) is 1. The summed E-state index contributed by atoms with van der Waals surface area (Å²) in [6.07, 6.45) is 0. The van der Waals surface area contributed by atoms with Crippen molar-refractivity contribution >= 4 is 0 Å². The van der Waals surface area contributed by atoms with Crippen LogP contribution in [0.5, 0.6) is 11.5 Å². The molecular weight excluding hydrogens is 220 g/mol. The van der Waals surface area contributed by atoms with Gasteiger partial charge in [0.1, 0.15) is 11.5 Å². The molecule has 2 aromatic carbocycles. The molecule has 94 valence electrons. The van der Waals surface area contributed by atoms with E-state index in [1.54, 1.807) is 0 Å². The highest BCUT2D eigenvalue weighted by molar-refractivity contribution is 5.38. The summed E-state index contributed by atoms with van der Waals surface area (Å²) in [5, 5.41) is 0. The van der Waals surface area contributed by atoms with E-state index in [1.165, 1.54) is 16.7 Å². The third kappa shape index (κ3) is 2.92. The second-order valence-corrected chi connectivity index (χ2v) is 5.07. The third-order valence-corrected chi connectivity index (χ3v) is 3.26. The standard InChI is InChI=1S/C17H20O/c1-12(2)15-6-9-16(10-7-15)18-17-8-5-13(3)14(4)11-17/h5-12H,1-4H3. The molecule has 2 rings (SSSR count). The Hall–Kier alpha value is -1.76. The smallest absolute Gasteiger partial charge is 0.127 e. The fraction of sp³-hybridized carbons (Fsp3) is 0.294. The Kier molecular flexibility index (Phi) is 3.71. The van der Waals surface area contributed by atoms with Crippen LogP contribution in [0.15, 0.2) is 42.5 Å². The lowest BCUT2D eigenvalue weighted by atomic mass is 10.0. The zero-order chi connectivity index (χ0) is 13.1.